The molecule has 0 fully saturated rings. The van der Waals surface area contributed by atoms with E-state index in [0.717, 1.165) is 12.8 Å². The van der Waals surface area contributed by atoms with Gasteiger partial charge in [-0.25, -0.2) is 0 Å². The molecule has 0 heterocycles. The van der Waals surface area contributed by atoms with Crippen LogP contribution in [0.3, 0.4) is 0 Å². The lowest BCUT2D eigenvalue weighted by Crippen LogP contribution is -2.51. The number of esters is 1. The third-order valence-electron chi connectivity index (χ3n) is 7.38. The molecule has 0 amide bonds. The van der Waals surface area contributed by atoms with Crippen LogP contribution in [0, 0.1) is 33.0 Å². The summed E-state index contributed by atoms with van der Waals surface area (Å²) in [4.78, 5) is 25.4. The lowest BCUT2D eigenvalue weighted by molar-refractivity contribution is -0.166. The lowest BCUT2D eigenvalue weighted by Gasteiger charge is -2.52. The molecule has 0 aromatic rings. The van der Waals surface area contributed by atoms with E-state index in [9.17, 15) is 14.7 Å². The second-order valence-electron chi connectivity index (χ2n) is 12.5. The van der Waals surface area contributed by atoms with Gasteiger partial charge in [-0.05, 0) is 47.8 Å². The number of aliphatic carboxylic acids is 1. The number of carbonyl (C=O) groups excluding carboxylic acids is 1. The summed E-state index contributed by atoms with van der Waals surface area (Å²) >= 11 is 0. The number of carboxylic acids is 1. The Kier molecular flexibility index (Phi) is 9.05. The van der Waals surface area contributed by atoms with Crippen LogP contribution in [0.2, 0.25) is 0 Å². The number of ether oxygens (including phenoxy) is 1. The van der Waals surface area contributed by atoms with E-state index in [1.165, 1.54) is 0 Å². The predicted molar refractivity (Wildman–Crippen MR) is 121 cm³/mol. The molecule has 0 bridgehead atoms. The van der Waals surface area contributed by atoms with Crippen LogP contribution in [0.25, 0.3) is 0 Å². The highest BCUT2D eigenvalue weighted by molar-refractivity contribution is 5.76. The molecular formula is C25H48O4. The van der Waals surface area contributed by atoms with Crippen LogP contribution in [-0.4, -0.2) is 23.7 Å². The van der Waals surface area contributed by atoms with Crippen LogP contribution >= 0.6 is 0 Å². The fourth-order valence-electron chi connectivity index (χ4n) is 3.91. The second-order valence-corrected chi connectivity index (χ2v) is 12.5. The summed E-state index contributed by atoms with van der Waals surface area (Å²) in [5.41, 5.74) is -2.19. The van der Waals surface area contributed by atoms with Crippen molar-refractivity contribution in [2.24, 2.45) is 33.0 Å². The summed E-state index contributed by atoms with van der Waals surface area (Å²) in [6.07, 6.45) is 3.02. The van der Waals surface area contributed by atoms with Crippen molar-refractivity contribution in [2.75, 3.05) is 6.61 Å². The zero-order valence-corrected chi connectivity index (χ0v) is 21.3. The standard InChI is InChI=1S/C25H48O4/c1-13-14-15-29-19(26)18(16-21(2,3)4)24(10,11)23(8,9)17-25(12,20(27)28)22(5,6)7/h18H,13-17H2,1-12H3,(H,27,28). The van der Waals surface area contributed by atoms with Gasteiger partial charge in [-0.15, -0.1) is 0 Å². The van der Waals surface area contributed by atoms with Gasteiger partial charge in [-0.3, -0.25) is 9.59 Å². The van der Waals surface area contributed by atoms with Crippen molar-refractivity contribution in [1.29, 1.82) is 0 Å². The van der Waals surface area contributed by atoms with Crippen molar-refractivity contribution in [3.8, 4) is 0 Å². The van der Waals surface area contributed by atoms with Crippen molar-refractivity contribution in [1.82, 2.24) is 0 Å². The van der Waals surface area contributed by atoms with E-state index in [2.05, 4.69) is 55.4 Å². The van der Waals surface area contributed by atoms with Gasteiger partial charge in [0.05, 0.1) is 17.9 Å². The zero-order valence-electron chi connectivity index (χ0n) is 21.3. The van der Waals surface area contributed by atoms with Gasteiger partial charge in [0.1, 0.15) is 0 Å². The quantitative estimate of drug-likeness (QED) is 0.311. The highest BCUT2D eigenvalue weighted by Crippen LogP contribution is 2.56. The van der Waals surface area contributed by atoms with Crippen molar-refractivity contribution in [2.45, 2.75) is 109 Å². The Balaban J connectivity index is 6.07. The summed E-state index contributed by atoms with van der Waals surface area (Å²) in [6, 6.07) is 0. The van der Waals surface area contributed by atoms with Crippen LogP contribution < -0.4 is 0 Å². The first-order valence-corrected chi connectivity index (χ1v) is 11.1. The number of hydrogen-bond donors (Lipinski definition) is 1. The molecule has 2 unspecified atom stereocenters. The van der Waals surface area contributed by atoms with E-state index in [4.69, 9.17) is 4.74 Å². The molecule has 0 aromatic heterocycles. The first kappa shape index (κ1) is 27.9. The summed E-state index contributed by atoms with van der Waals surface area (Å²) in [5.74, 6) is -1.24. The molecule has 0 rings (SSSR count). The van der Waals surface area contributed by atoms with E-state index in [1.54, 1.807) is 0 Å². The van der Waals surface area contributed by atoms with Gasteiger partial charge in [0.2, 0.25) is 0 Å². The highest BCUT2D eigenvalue weighted by atomic mass is 16.5. The number of rotatable bonds is 10. The molecule has 0 saturated carbocycles. The van der Waals surface area contributed by atoms with E-state index >= 15 is 0 Å². The SMILES string of the molecule is CCCCOC(=O)C(CC(C)(C)C)C(C)(C)C(C)(C)CC(C)(C(=O)O)C(C)(C)C. The third kappa shape index (κ3) is 7.00. The molecule has 0 aliphatic rings. The summed E-state index contributed by atoms with van der Waals surface area (Å²) < 4.78 is 5.66. The van der Waals surface area contributed by atoms with Crippen molar-refractivity contribution >= 4 is 11.9 Å². The summed E-state index contributed by atoms with van der Waals surface area (Å²) in [7, 11) is 0. The van der Waals surface area contributed by atoms with Gasteiger partial charge in [0.15, 0.2) is 0 Å². The lowest BCUT2D eigenvalue weighted by atomic mass is 9.51. The largest absolute Gasteiger partial charge is 0.481 e. The van der Waals surface area contributed by atoms with Crippen molar-refractivity contribution in [3.63, 3.8) is 0 Å². The number of hydrogen-bond acceptors (Lipinski definition) is 3. The molecule has 29 heavy (non-hydrogen) atoms. The van der Waals surface area contributed by atoms with Gasteiger partial charge in [0.25, 0.3) is 0 Å². The van der Waals surface area contributed by atoms with Gasteiger partial charge in [-0.1, -0.05) is 82.6 Å². The molecule has 2 atom stereocenters. The van der Waals surface area contributed by atoms with Gasteiger partial charge in [0, 0.05) is 0 Å². The Morgan fingerprint density at radius 1 is 0.897 bits per heavy atom. The monoisotopic (exact) mass is 412 g/mol. The van der Waals surface area contributed by atoms with E-state index in [-0.39, 0.29) is 17.3 Å². The maximum absolute atomic E-state index is 13.1. The van der Waals surface area contributed by atoms with Gasteiger partial charge >= 0.3 is 11.9 Å². The minimum atomic E-state index is -0.911. The summed E-state index contributed by atoms with van der Waals surface area (Å²) in [5, 5.41) is 10.1. The van der Waals surface area contributed by atoms with Gasteiger partial charge < -0.3 is 9.84 Å². The van der Waals surface area contributed by atoms with Crippen LogP contribution in [0.1, 0.15) is 109 Å². The summed E-state index contributed by atoms with van der Waals surface area (Å²) in [6.45, 7) is 25.1. The normalized spacial score (nSPS) is 16.8. The molecular weight excluding hydrogens is 364 g/mol. The van der Waals surface area contributed by atoms with E-state index in [0.29, 0.717) is 19.4 Å². The molecule has 0 saturated heterocycles. The molecule has 0 aliphatic carbocycles. The molecule has 1 N–H and O–H groups in total. The van der Waals surface area contributed by atoms with Crippen LogP contribution in [-0.2, 0) is 14.3 Å². The van der Waals surface area contributed by atoms with E-state index < -0.39 is 27.6 Å². The van der Waals surface area contributed by atoms with Crippen LogP contribution in [0.4, 0.5) is 0 Å². The average Bonchev–Trinajstić information content (AvgIpc) is 2.49. The first-order chi connectivity index (χ1) is 12.7. The van der Waals surface area contributed by atoms with Crippen LogP contribution in [0.15, 0.2) is 0 Å². The molecule has 0 aliphatic heterocycles. The Labute approximate surface area is 180 Å². The maximum Gasteiger partial charge on any atom is 0.309 e. The third-order valence-corrected chi connectivity index (χ3v) is 7.38. The van der Waals surface area contributed by atoms with Crippen molar-refractivity contribution < 1.29 is 19.4 Å². The van der Waals surface area contributed by atoms with E-state index in [1.807, 2.05) is 27.7 Å². The molecule has 4 heteroatoms. The minimum absolute atomic E-state index is 0.0398. The number of carboxylic acid groups (broad SMARTS) is 1. The highest BCUT2D eigenvalue weighted by Gasteiger charge is 2.54. The number of unbranched alkanes of at least 4 members (excludes halogenated alkanes) is 1. The Hall–Kier alpha value is -1.06. The molecule has 172 valence electrons. The first-order valence-electron chi connectivity index (χ1n) is 11.1. The second kappa shape index (κ2) is 9.39. The number of carbonyl (C=O) groups is 2. The predicted octanol–water partition coefficient (Wildman–Crippen LogP) is 6.96. The van der Waals surface area contributed by atoms with Crippen LogP contribution in [0.5, 0.6) is 0 Å². The molecule has 4 nitrogen and oxygen atoms in total. The smallest absolute Gasteiger partial charge is 0.309 e. The zero-order chi connectivity index (χ0) is 23.5. The average molecular weight is 413 g/mol. The van der Waals surface area contributed by atoms with Gasteiger partial charge in [-0.2, -0.15) is 0 Å². The Morgan fingerprint density at radius 2 is 1.38 bits per heavy atom. The molecule has 0 spiro atoms. The fourth-order valence-corrected chi connectivity index (χ4v) is 3.91. The minimum Gasteiger partial charge on any atom is -0.481 e. The Morgan fingerprint density at radius 3 is 1.72 bits per heavy atom. The fraction of sp³-hybridized carbons (Fsp3) is 0.920. The van der Waals surface area contributed by atoms with Crippen molar-refractivity contribution in [3.05, 3.63) is 0 Å². The molecule has 0 aromatic carbocycles. The topological polar surface area (TPSA) is 63.6 Å². The molecule has 0 radical (unpaired) electrons. The maximum atomic E-state index is 13.1. The Bertz CT molecular complexity index is 560.